The van der Waals surface area contributed by atoms with Crippen molar-refractivity contribution >= 4 is 5.91 Å². The molecule has 1 heterocycles. The number of nitrogens with zero attached hydrogens (tertiary/aromatic N) is 2. The molecular formula is C17H35N3O. The molecule has 124 valence electrons. The molecule has 21 heavy (non-hydrogen) atoms. The molecular weight excluding hydrogens is 262 g/mol. The molecule has 0 aromatic carbocycles. The summed E-state index contributed by atoms with van der Waals surface area (Å²) >= 11 is 0. The third-order valence-corrected chi connectivity index (χ3v) is 4.55. The van der Waals surface area contributed by atoms with Crippen molar-refractivity contribution in [3.8, 4) is 0 Å². The van der Waals surface area contributed by atoms with Gasteiger partial charge in [0.1, 0.15) is 0 Å². The summed E-state index contributed by atoms with van der Waals surface area (Å²) in [5.41, 5.74) is 0. The fourth-order valence-corrected chi connectivity index (χ4v) is 3.37. The fraction of sp³-hybridized carbons (Fsp3) is 0.941. The van der Waals surface area contributed by atoms with Gasteiger partial charge in [0.25, 0.3) is 0 Å². The molecule has 0 saturated carbocycles. The Kier molecular flexibility index (Phi) is 8.27. The predicted octanol–water partition coefficient (Wildman–Crippen LogP) is 2.20. The van der Waals surface area contributed by atoms with Crippen LogP contribution in [0.2, 0.25) is 0 Å². The zero-order chi connectivity index (χ0) is 15.8. The Hall–Kier alpha value is -0.610. The van der Waals surface area contributed by atoms with Crippen LogP contribution < -0.4 is 5.32 Å². The summed E-state index contributed by atoms with van der Waals surface area (Å²) in [4.78, 5) is 17.0. The van der Waals surface area contributed by atoms with E-state index in [1.165, 1.54) is 6.42 Å². The normalized spacial score (nSPS) is 24.4. The molecule has 0 radical (unpaired) electrons. The second-order valence-corrected chi connectivity index (χ2v) is 6.75. The molecule has 0 spiro atoms. The zero-order valence-electron chi connectivity index (χ0n) is 14.7. The summed E-state index contributed by atoms with van der Waals surface area (Å²) in [6.45, 7) is 17.0. The lowest BCUT2D eigenvalue weighted by Crippen LogP contribution is -2.50. The molecule has 1 fully saturated rings. The van der Waals surface area contributed by atoms with E-state index in [0.29, 0.717) is 11.8 Å². The summed E-state index contributed by atoms with van der Waals surface area (Å²) in [5, 5.41) is 3.40. The first kappa shape index (κ1) is 18.4. The van der Waals surface area contributed by atoms with Gasteiger partial charge in [-0.2, -0.15) is 0 Å². The highest BCUT2D eigenvalue weighted by Crippen LogP contribution is 2.21. The molecule has 3 atom stereocenters. The van der Waals surface area contributed by atoms with E-state index in [2.05, 4.69) is 42.8 Å². The number of nitrogens with one attached hydrogen (secondary N) is 1. The number of hydrogen-bond donors (Lipinski definition) is 1. The van der Waals surface area contributed by atoms with Crippen LogP contribution in [0.15, 0.2) is 0 Å². The molecule has 1 aliphatic heterocycles. The topological polar surface area (TPSA) is 35.6 Å². The van der Waals surface area contributed by atoms with Crippen LogP contribution in [0.1, 0.15) is 47.5 Å². The van der Waals surface area contributed by atoms with Gasteiger partial charge in [-0.25, -0.2) is 0 Å². The average molecular weight is 297 g/mol. The zero-order valence-corrected chi connectivity index (χ0v) is 14.7. The molecule has 0 unspecified atom stereocenters. The largest absolute Gasteiger partial charge is 0.341 e. The van der Waals surface area contributed by atoms with Gasteiger partial charge in [-0.1, -0.05) is 27.7 Å². The molecule has 4 nitrogen and oxygen atoms in total. The Bertz CT molecular complexity index is 294. The smallest absolute Gasteiger partial charge is 0.239 e. The maximum Gasteiger partial charge on any atom is 0.239 e. The highest BCUT2D eigenvalue weighted by molar-refractivity contribution is 5.81. The number of piperidine rings is 1. The van der Waals surface area contributed by atoms with Crippen molar-refractivity contribution in [2.45, 2.75) is 53.5 Å². The summed E-state index contributed by atoms with van der Waals surface area (Å²) < 4.78 is 0. The quantitative estimate of drug-likeness (QED) is 0.698. The molecule has 1 saturated heterocycles. The lowest BCUT2D eigenvalue weighted by atomic mass is 9.91. The van der Waals surface area contributed by atoms with E-state index in [9.17, 15) is 4.79 Å². The van der Waals surface area contributed by atoms with E-state index in [0.717, 1.165) is 45.7 Å². The van der Waals surface area contributed by atoms with Crippen LogP contribution in [0.25, 0.3) is 0 Å². The summed E-state index contributed by atoms with van der Waals surface area (Å²) in [5.74, 6) is 1.54. The van der Waals surface area contributed by atoms with Crippen LogP contribution in [-0.2, 0) is 4.79 Å². The van der Waals surface area contributed by atoms with E-state index in [1.54, 1.807) is 0 Å². The standard InChI is InChI=1S/C17H35N3O/c1-6-19(7-2)10-8-9-18-16(5)17(21)20-12-14(3)11-15(4)13-20/h14-16,18H,6-13H2,1-5H3/t14-,15+,16-/m0/s1. The number of hydrogen-bond acceptors (Lipinski definition) is 3. The van der Waals surface area contributed by atoms with Crippen molar-refractivity contribution in [2.24, 2.45) is 11.8 Å². The Morgan fingerprint density at radius 1 is 1.24 bits per heavy atom. The molecule has 4 heteroatoms. The minimum absolute atomic E-state index is 0.0563. The van der Waals surface area contributed by atoms with Crippen molar-refractivity contribution in [1.82, 2.24) is 15.1 Å². The molecule has 1 aliphatic rings. The van der Waals surface area contributed by atoms with E-state index in [1.807, 2.05) is 6.92 Å². The second kappa shape index (κ2) is 9.42. The van der Waals surface area contributed by atoms with Gasteiger partial charge in [0.15, 0.2) is 0 Å². The van der Waals surface area contributed by atoms with Crippen LogP contribution >= 0.6 is 0 Å². The predicted molar refractivity (Wildman–Crippen MR) is 89.4 cm³/mol. The third kappa shape index (κ3) is 6.35. The van der Waals surface area contributed by atoms with Gasteiger partial charge in [-0.3, -0.25) is 4.79 Å². The monoisotopic (exact) mass is 297 g/mol. The SMILES string of the molecule is CCN(CC)CCCN[C@@H](C)C(=O)N1C[C@H](C)C[C@H](C)C1. The maximum absolute atomic E-state index is 12.5. The van der Waals surface area contributed by atoms with Crippen molar-refractivity contribution in [1.29, 1.82) is 0 Å². The molecule has 1 rings (SSSR count). The van der Waals surface area contributed by atoms with Crippen molar-refractivity contribution in [3.05, 3.63) is 0 Å². The Balaban J connectivity index is 2.27. The van der Waals surface area contributed by atoms with E-state index < -0.39 is 0 Å². The third-order valence-electron chi connectivity index (χ3n) is 4.55. The molecule has 0 aromatic heterocycles. The molecule has 0 aliphatic carbocycles. The second-order valence-electron chi connectivity index (χ2n) is 6.75. The first-order valence-electron chi connectivity index (χ1n) is 8.72. The molecule has 1 N–H and O–H groups in total. The van der Waals surface area contributed by atoms with Crippen molar-refractivity contribution in [3.63, 3.8) is 0 Å². The minimum Gasteiger partial charge on any atom is -0.341 e. The number of rotatable bonds is 8. The number of likely N-dealkylation sites (tertiary alicyclic amines) is 1. The van der Waals surface area contributed by atoms with Gasteiger partial charge in [-0.15, -0.1) is 0 Å². The van der Waals surface area contributed by atoms with Crippen molar-refractivity contribution in [2.75, 3.05) is 39.3 Å². The summed E-state index contributed by atoms with van der Waals surface area (Å²) in [7, 11) is 0. The molecule has 1 amide bonds. The number of carbonyl (C=O) groups excluding carboxylic acids is 1. The van der Waals surface area contributed by atoms with Crippen molar-refractivity contribution < 1.29 is 4.79 Å². The molecule has 0 bridgehead atoms. The van der Waals surface area contributed by atoms with E-state index >= 15 is 0 Å². The highest BCUT2D eigenvalue weighted by atomic mass is 16.2. The van der Waals surface area contributed by atoms with Crippen LogP contribution in [0, 0.1) is 11.8 Å². The Labute approximate surface area is 131 Å². The summed E-state index contributed by atoms with van der Waals surface area (Å²) in [6.07, 6.45) is 2.35. The van der Waals surface area contributed by atoms with Gasteiger partial charge in [0, 0.05) is 13.1 Å². The van der Waals surface area contributed by atoms with E-state index in [-0.39, 0.29) is 11.9 Å². The number of carbonyl (C=O) groups is 1. The Morgan fingerprint density at radius 3 is 2.33 bits per heavy atom. The highest BCUT2D eigenvalue weighted by Gasteiger charge is 2.27. The lowest BCUT2D eigenvalue weighted by Gasteiger charge is -2.36. The first-order chi connectivity index (χ1) is 9.97. The van der Waals surface area contributed by atoms with Crippen LogP contribution in [0.4, 0.5) is 0 Å². The van der Waals surface area contributed by atoms with Gasteiger partial charge in [0.05, 0.1) is 6.04 Å². The van der Waals surface area contributed by atoms with E-state index in [4.69, 9.17) is 0 Å². The van der Waals surface area contributed by atoms with Crippen LogP contribution in [0.5, 0.6) is 0 Å². The van der Waals surface area contributed by atoms with Gasteiger partial charge >= 0.3 is 0 Å². The first-order valence-corrected chi connectivity index (χ1v) is 8.72. The Morgan fingerprint density at radius 2 is 1.81 bits per heavy atom. The molecule has 0 aromatic rings. The summed E-state index contributed by atoms with van der Waals surface area (Å²) in [6, 6.07) is -0.0563. The number of amides is 1. The van der Waals surface area contributed by atoms with Gasteiger partial charge in [-0.05, 0) is 57.8 Å². The fourth-order valence-electron chi connectivity index (χ4n) is 3.37. The average Bonchev–Trinajstić information content (AvgIpc) is 2.45. The van der Waals surface area contributed by atoms with Gasteiger partial charge in [0.2, 0.25) is 5.91 Å². The van der Waals surface area contributed by atoms with Crippen LogP contribution in [0.3, 0.4) is 0 Å². The lowest BCUT2D eigenvalue weighted by molar-refractivity contribution is -0.135. The minimum atomic E-state index is -0.0563. The van der Waals surface area contributed by atoms with Crippen LogP contribution in [-0.4, -0.2) is 61.0 Å². The van der Waals surface area contributed by atoms with Gasteiger partial charge < -0.3 is 15.1 Å². The maximum atomic E-state index is 12.5.